The van der Waals surface area contributed by atoms with Crippen LogP contribution in [0.25, 0.3) is 0 Å². The predicted molar refractivity (Wildman–Crippen MR) is 48.6 cm³/mol. The third-order valence-electron chi connectivity index (χ3n) is 1.23. The zero-order valence-electron chi connectivity index (χ0n) is 6.45. The van der Waals surface area contributed by atoms with Gasteiger partial charge in [-0.3, -0.25) is 20.4 Å². The Morgan fingerprint density at radius 2 is 2.38 bits per heavy atom. The van der Waals surface area contributed by atoms with Crippen LogP contribution in [0.4, 0.5) is 0 Å². The fourth-order valence-electron chi connectivity index (χ4n) is 0.711. The summed E-state index contributed by atoms with van der Waals surface area (Å²) < 4.78 is 0.561. The highest BCUT2D eigenvalue weighted by Gasteiger charge is 2.04. The molecule has 13 heavy (non-hydrogen) atoms. The van der Waals surface area contributed by atoms with E-state index in [1.54, 1.807) is 6.07 Å². The van der Waals surface area contributed by atoms with Gasteiger partial charge in [0.15, 0.2) is 0 Å². The number of halogens is 1. The van der Waals surface area contributed by atoms with E-state index in [4.69, 9.17) is 0 Å². The summed E-state index contributed by atoms with van der Waals surface area (Å²) in [6.45, 7) is 0. The van der Waals surface area contributed by atoms with Crippen molar-refractivity contribution in [2.75, 3.05) is 0 Å². The standard InChI is InChI=1S/C7H6BrN3O2/c8-6-3-5(1-2-9-6)7(13)11-10-4-12/h1-4H,(H,10,12)(H,11,13). The molecule has 0 aliphatic heterocycles. The minimum atomic E-state index is -0.393. The van der Waals surface area contributed by atoms with Crippen molar-refractivity contribution in [3.63, 3.8) is 0 Å². The quantitative estimate of drug-likeness (QED) is 0.454. The second-order valence-electron chi connectivity index (χ2n) is 2.08. The lowest BCUT2D eigenvalue weighted by Crippen LogP contribution is -2.36. The SMILES string of the molecule is O=CNNC(=O)c1ccnc(Br)c1. The molecule has 5 nitrogen and oxygen atoms in total. The number of pyridine rings is 1. The molecule has 68 valence electrons. The molecule has 2 N–H and O–H groups in total. The van der Waals surface area contributed by atoms with Gasteiger partial charge in [0.25, 0.3) is 5.91 Å². The van der Waals surface area contributed by atoms with E-state index in [1.165, 1.54) is 12.3 Å². The molecule has 0 spiro atoms. The highest BCUT2D eigenvalue weighted by molar-refractivity contribution is 9.10. The Kier molecular flexibility index (Phi) is 3.39. The highest BCUT2D eigenvalue weighted by atomic mass is 79.9. The van der Waals surface area contributed by atoms with E-state index >= 15 is 0 Å². The van der Waals surface area contributed by atoms with E-state index in [0.29, 0.717) is 16.6 Å². The van der Waals surface area contributed by atoms with E-state index in [9.17, 15) is 9.59 Å². The maximum atomic E-state index is 11.2. The molecular formula is C7H6BrN3O2. The molecule has 2 amide bonds. The normalized spacial score (nSPS) is 9.00. The Balaban J connectivity index is 2.71. The summed E-state index contributed by atoms with van der Waals surface area (Å²) in [6.07, 6.45) is 1.87. The van der Waals surface area contributed by atoms with Crippen molar-refractivity contribution in [2.45, 2.75) is 0 Å². The number of hydrazine groups is 1. The third-order valence-corrected chi connectivity index (χ3v) is 1.67. The average Bonchev–Trinajstić information content (AvgIpc) is 2.14. The largest absolute Gasteiger partial charge is 0.277 e. The number of aromatic nitrogens is 1. The fraction of sp³-hybridized carbons (Fsp3) is 0. The Hall–Kier alpha value is -1.43. The van der Waals surface area contributed by atoms with Crippen LogP contribution in [0.5, 0.6) is 0 Å². The van der Waals surface area contributed by atoms with Gasteiger partial charge in [0.1, 0.15) is 4.60 Å². The van der Waals surface area contributed by atoms with E-state index in [2.05, 4.69) is 31.8 Å². The first kappa shape index (κ1) is 9.66. The van der Waals surface area contributed by atoms with E-state index in [-0.39, 0.29) is 0 Å². The Bertz CT molecular complexity index is 329. The Morgan fingerprint density at radius 3 is 3.00 bits per heavy atom. The van der Waals surface area contributed by atoms with Crippen LogP contribution in [0.1, 0.15) is 10.4 Å². The molecule has 0 atom stereocenters. The van der Waals surface area contributed by atoms with Crippen molar-refractivity contribution < 1.29 is 9.59 Å². The second kappa shape index (κ2) is 4.56. The molecular weight excluding hydrogens is 238 g/mol. The van der Waals surface area contributed by atoms with Crippen LogP contribution in [0.15, 0.2) is 22.9 Å². The van der Waals surface area contributed by atoms with Gasteiger partial charge in [0.05, 0.1) is 0 Å². The molecule has 0 aliphatic carbocycles. The first-order valence-corrected chi connectivity index (χ1v) is 4.14. The summed E-state index contributed by atoms with van der Waals surface area (Å²) >= 11 is 3.12. The van der Waals surface area contributed by atoms with Crippen molar-refractivity contribution in [3.8, 4) is 0 Å². The van der Waals surface area contributed by atoms with Crippen LogP contribution in [-0.4, -0.2) is 17.3 Å². The monoisotopic (exact) mass is 243 g/mol. The van der Waals surface area contributed by atoms with Crippen molar-refractivity contribution in [2.24, 2.45) is 0 Å². The van der Waals surface area contributed by atoms with Crippen LogP contribution in [0, 0.1) is 0 Å². The molecule has 0 radical (unpaired) electrons. The van der Waals surface area contributed by atoms with Gasteiger partial charge in [-0.2, -0.15) is 0 Å². The van der Waals surface area contributed by atoms with Gasteiger partial charge in [-0.05, 0) is 28.1 Å². The van der Waals surface area contributed by atoms with Gasteiger partial charge in [-0.1, -0.05) is 0 Å². The molecule has 6 heteroatoms. The molecule has 1 heterocycles. The molecule has 0 saturated heterocycles. The van der Waals surface area contributed by atoms with Crippen LogP contribution < -0.4 is 10.9 Å². The molecule has 0 aromatic carbocycles. The highest BCUT2D eigenvalue weighted by Crippen LogP contribution is 2.07. The fourth-order valence-corrected chi connectivity index (χ4v) is 1.08. The maximum absolute atomic E-state index is 11.2. The molecule has 1 aromatic heterocycles. The first-order chi connectivity index (χ1) is 6.24. The number of rotatable bonds is 3. The lowest BCUT2D eigenvalue weighted by molar-refractivity contribution is -0.110. The zero-order chi connectivity index (χ0) is 9.68. The minimum Gasteiger partial charge on any atom is -0.277 e. The maximum Gasteiger partial charge on any atom is 0.269 e. The Labute approximate surface area is 82.6 Å². The number of nitrogens with one attached hydrogen (secondary N) is 2. The topological polar surface area (TPSA) is 71.1 Å². The van der Waals surface area contributed by atoms with Gasteiger partial charge in [-0.25, -0.2) is 4.98 Å². The van der Waals surface area contributed by atoms with Gasteiger partial charge in [0.2, 0.25) is 6.41 Å². The van der Waals surface area contributed by atoms with Gasteiger partial charge in [-0.15, -0.1) is 0 Å². The third kappa shape index (κ3) is 2.83. The zero-order valence-corrected chi connectivity index (χ0v) is 8.04. The molecule has 1 aromatic rings. The van der Waals surface area contributed by atoms with E-state index in [0.717, 1.165) is 0 Å². The van der Waals surface area contributed by atoms with Crippen LogP contribution >= 0.6 is 15.9 Å². The molecule has 0 bridgehead atoms. The van der Waals surface area contributed by atoms with E-state index in [1.807, 2.05) is 0 Å². The first-order valence-electron chi connectivity index (χ1n) is 3.35. The molecule has 0 fully saturated rings. The molecule has 0 aliphatic rings. The van der Waals surface area contributed by atoms with Crippen molar-refractivity contribution in [1.82, 2.24) is 15.8 Å². The second-order valence-corrected chi connectivity index (χ2v) is 2.90. The van der Waals surface area contributed by atoms with Crippen molar-refractivity contribution >= 4 is 28.2 Å². The summed E-state index contributed by atoms with van der Waals surface area (Å²) in [5, 5.41) is 0. The van der Waals surface area contributed by atoms with Gasteiger partial charge >= 0.3 is 0 Å². The van der Waals surface area contributed by atoms with Crippen LogP contribution in [0.2, 0.25) is 0 Å². The van der Waals surface area contributed by atoms with Crippen LogP contribution in [0.3, 0.4) is 0 Å². The van der Waals surface area contributed by atoms with Crippen molar-refractivity contribution in [1.29, 1.82) is 0 Å². The summed E-state index contributed by atoms with van der Waals surface area (Å²) in [5.41, 5.74) is 4.63. The lowest BCUT2D eigenvalue weighted by Gasteiger charge is -2.01. The number of nitrogens with zero attached hydrogens (tertiary/aromatic N) is 1. The predicted octanol–water partition coefficient (Wildman–Crippen LogP) is 0.235. The number of carbonyl (C=O) groups is 2. The molecule has 0 unspecified atom stereocenters. The smallest absolute Gasteiger partial charge is 0.269 e. The molecule has 0 saturated carbocycles. The summed E-state index contributed by atoms with van der Waals surface area (Å²) in [7, 11) is 0. The number of hydrogen-bond donors (Lipinski definition) is 2. The lowest BCUT2D eigenvalue weighted by atomic mass is 10.3. The summed E-state index contributed by atoms with van der Waals surface area (Å²) in [6, 6.07) is 3.08. The van der Waals surface area contributed by atoms with E-state index < -0.39 is 5.91 Å². The van der Waals surface area contributed by atoms with Crippen LogP contribution in [-0.2, 0) is 4.79 Å². The Morgan fingerprint density at radius 1 is 1.62 bits per heavy atom. The average molecular weight is 244 g/mol. The summed E-state index contributed by atoms with van der Waals surface area (Å²) in [4.78, 5) is 24.9. The minimum absolute atomic E-state index is 0.383. The summed E-state index contributed by atoms with van der Waals surface area (Å²) in [5.74, 6) is -0.393. The number of carbonyl (C=O) groups excluding carboxylic acids is 2. The van der Waals surface area contributed by atoms with Crippen molar-refractivity contribution in [3.05, 3.63) is 28.5 Å². The van der Waals surface area contributed by atoms with Gasteiger partial charge < -0.3 is 0 Å². The number of hydrogen-bond acceptors (Lipinski definition) is 3. The number of amides is 2. The van der Waals surface area contributed by atoms with Gasteiger partial charge in [0, 0.05) is 11.8 Å². The molecule has 1 rings (SSSR count).